The maximum atomic E-state index is 6.01. The number of hydrogen-bond donors (Lipinski definition) is 0. The van der Waals surface area contributed by atoms with Crippen LogP contribution in [-0.2, 0) is 11.3 Å². The Morgan fingerprint density at radius 2 is 1.46 bits per heavy atom. The molecule has 24 heavy (non-hydrogen) atoms. The lowest BCUT2D eigenvalue weighted by molar-refractivity contribution is -0.957. The van der Waals surface area contributed by atoms with Gasteiger partial charge in [0.05, 0.1) is 14.1 Å². The van der Waals surface area contributed by atoms with E-state index in [0.29, 0.717) is 11.8 Å². The van der Waals surface area contributed by atoms with Crippen molar-refractivity contribution in [2.24, 2.45) is 11.8 Å². The second kappa shape index (κ2) is 10.4. The van der Waals surface area contributed by atoms with Crippen molar-refractivity contribution in [3.8, 4) is 0 Å². The van der Waals surface area contributed by atoms with Gasteiger partial charge >= 0.3 is 0 Å². The first-order chi connectivity index (χ1) is 10.7. The van der Waals surface area contributed by atoms with E-state index in [1.165, 1.54) is 18.4 Å². The van der Waals surface area contributed by atoms with Crippen LogP contribution in [0.2, 0.25) is 0 Å². The van der Waals surface area contributed by atoms with E-state index in [0.717, 1.165) is 24.2 Å². The lowest BCUT2D eigenvalue weighted by atomic mass is 9.79. The molecule has 0 bridgehead atoms. The average Bonchev–Trinajstić information content (AvgIpc) is 2.44. The zero-order chi connectivity index (χ0) is 17.5. The van der Waals surface area contributed by atoms with Crippen LogP contribution in [0.25, 0.3) is 0 Å². The summed E-state index contributed by atoms with van der Waals surface area (Å²) in [5.41, 5.74) is 1.57. The van der Waals surface area contributed by atoms with E-state index in [2.05, 4.69) is 79.0 Å². The highest BCUT2D eigenvalue weighted by atomic mass is 35.5. The molecule has 0 N–H and O–H groups in total. The lowest BCUT2D eigenvalue weighted by Crippen LogP contribution is -3.00. The van der Waals surface area contributed by atoms with Gasteiger partial charge in [-0.1, -0.05) is 58.0 Å². The summed E-state index contributed by atoms with van der Waals surface area (Å²) in [5, 5.41) is 0. The molecule has 0 fully saturated rings. The lowest BCUT2D eigenvalue weighted by Gasteiger charge is -2.50. The first-order valence-corrected chi connectivity index (χ1v) is 9.17. The first-order valence-electron chi connectivity index (χ1n) is 9.17. The van der Waals surface area contributed by atoms with Crippen LogP contribution in [0, 0.1) is 11.8 Å². The van der Waals surface area contributed by atoms with E-state index in [1.807, 2.05) is 0 Å². The van der Waals surface area contributed by atoms with Crippen molar-refractivity contribution in [1.29, 1.82) is 0 Å². The summed E-state index contributed by atoms with van der Waals surface area (Å²) < 4.78 is 6.99. The molecule has 0 saturated carbocycles. The van der Waals surface area contributed by atoms with Crippen LogP contribution in [0.4, 0.5) is 0 Å². The quantitative estimate of drug-likeness (QED) is 0.584. The fourth-order valence-electron chi connectivity index (χ4n) is 3.89. The molecule has 0 radical (unpaired) electrons. The predicted molar refractivity (Wildman–Crippen MR) is 100 cm³/mol. The molecule has 0 aliphatic carbocycles. The summed E-state index contributed by atoms with van der Waals surface area (Å²) in [6.07, 6.45) is 2.40. The monoisotopic (exact) mass is 355 g/mol. The van der Waals surface area contributed by atoms with Crippen LogP contribution in [0.3, 0.4) is 0 Å². The Morgan fingerprint density at radius 3 is 1.88 bits per heavy atom. The highest BCUT2D eigenvalue weighted by Crippen LogP contribution is 2.36. The summed E-state index contributed by atoms with van der Waals surface area (Å²) in [6.45, 7) is 14.1. The van der Waals surface area contributed by atoms with Crippen molar-refractivity contribution in [2.75, 3.05) is 27.3 Å². The highest BCUT2D eigenvalue weighted by Gasteiger charge is 2.46. The second-order valence-electron chi connectivity index (χ2n) is 8.39. The fourth-order valence-corrected chi connectivity index (χ4v) is 3.89. The maximum Gasteiger partial charge on any atom is 0.123 e. The summed E-state index contributed by atoms with van der Waals surface area (Å²) in [4.78, 5) is 0. The number of hydrogen-bond acceptors (Lipinski definition) is 1. The molecule has 1 aromatic rings. The topological polar surface area (TPSA) is 9.23 Å². The molecule has 2 nitrogen and oxygen atoms in total. The van der Waals surface area contributed by atoms with Crippen molar-refractivity contribution in [1.82, 2.24) is 0 Å². The Balaban J connectivity index is 0.00000529. The molecule has 0 aliphatic rings. The molecule has 0 spiro atoms. The number of nitrogens with zero attached hydrogens (tertiary/aromatic N) is 1. The zero-order valence-electron chi connectivity index (χ0n) is 16.8. The normalized spacial score (nSPS) is 12.5. The minimum Gasteiger partial charge on any atom is -1.00 e. The van der Waals surface area contributed by atoms with Crippen LogP contribution >= 0.6 is 0 Å². The van der Waals surface area contributed by atoms with Gasteiger partial charge in [0.1, 0.15) is 18.7 Å². The molecule has 0 saturated heterocycles. The van der Waals surface area contributed by atoms with Gasteiger partial charge in [0.15, 0.2) is 0 Å². The summed E-state index contributed by atoms with van der Waals surface area (Å²) >= 11 is 0. The largest absolute Gasteiger partial charge is 1.00 e. The third kappa shape index (κ3) is 6.74. The second-order valence-corrected chi connectivity index (χ2v) is 8.39. The molecule has 140 valence electrons. The molecule has 0 unspecified atom stereocenters. The highest BCUT2D eigenvalue weighted by molar-refractivity contribution is 5.13. The number of halogens is 1. The Bertz CT molecular complexity index is 432. The number of quaternary nitrogens is 1. The van der Waals surface area contributed by atoms with Crippen molar-refractivity contribution in [2.45, 2.75) is 59.5 Å². The van der Waals surface area contributed by atoms with Gasteiger partial charge in [0, 0.05) is 25.0 Å². The predicted octanol–water partition coefficient (Wildman–Crippen LogP) is 2.13. The summed E-state index contributed by atoms with van der Waals surface area (Å²) in [5.74, 6) is 1.34. The van der Waals surface area contributed by atoms with Crippen LogP contribution < -0.4 is 12.4 Å². The molecule has 0 atom stereocenters. The van der Waals surface area contributed by atoms with E-state index in [4.69, 9.17) is 4.74 Å². The van der Waals surface area contributed by atoms with E-state index >= 15 is 0 Å². The zero-order valence-corrected chi connectivity index (χ0v) is 17.6. The van der Waals surface area contributed by atoms with Crippen molar-refractivity contribution in [3.05, 3.63) is 35.9 Å². The smallest absolute Gasteiger partial charge is 0.123 e. The van der Waals surface area contributed by atoms with Crippen molar-refractivity contribution in [3.63, 3.8) is 0 Å². The maximum absolute atomic E-state index is 6.01. The first kappa shape index (κ1) is 23.4. The SMILES string of the molecule is CCOCC(CC(C)C)(CC(C)C)[N+](C)(C)Cc1ccccc1.[Cl-]. The molecule has 0 aromatic heterocycles. The Morgan fingerprint density at radius 1 is 0.958 bits per heavy atom. The van der Waals surface area contributed by atoms with Gasteiger partial charge in [0.2, 0.25) is 0 Å². The third-order valence-electron chi connectivity index (χ3n) is 4.86. The average molecular weight is 356 g/mol. The minimum atomic E-state index is 0. The van der Waals surface area contributed by atoms with E-state index in [1.54, 1.807) is 0 Å². The van der Waals surface area contributed by atoms with E-state index in [9.17, 15) is 0 Å². The number of likely N-dealkylation sites (N-methyl/N-ethyl adjacent to an activating group) is 1. The molecular weight excluding hydrogens is 318 g/mol. The molecular formula is C21H38ClNO. The van der Waals surface area contributed by atoms with Crippen molar-refractivity contribution >= 4 is 0 Å². The van der Waals surface area contributed by atoms with E-state index < -0.39 is 0 Å². The summed E-state index contributed by atoms with van der Waals surface area (Å²) in [6, 6.07) is 10.9. The summed E-state index contributed by atoms with van der Waals surface area (Å²) in [7, 11) is 4.77. The van der Waals surface area contributed by atoms with Crippen LogP contribution in [0.1, 0.15) is 53.0 Å². The molecule has 0 amide bonds. The molecule has 1 rings (SSSR count). The van der Waals surface area contributed by atoms with Gasteiger partial charge in [-0.3, -0.25) is 0 Å². The Hall–Kier alpha value is -0.570. The number of benzene rings is 1. The molecule has 1 aromatic carbocycles. The van der Waals surface area contributed by atoms with Gasteiger partial charge < -0.3 is 21.6 Å². The molecule has 0 aliphatic heterocycles. The van der Waals surface area contributed by atoms with Crippen LogP contribution in [0.15, 0.2) is 30.3 Å². The Labute approximate surface area is 156 Å². The molecule has 3 heteroatoms. The van der Waals surface area contributed by atoms with Gasteiger partial charge in [-0.2, -0.15) is 0 Å². The molecule has 0 heterocycles. The minimum absolute atomic E-state index is 0. The van der Waals surface area contributed by atoms with Gasteiger partial charge in [-0.05, 0) is 18.8 Å². The van der Waals surface area contributed by atoms with Gasteiger partial charge in [-0.15, -0.1) is 0 Å². The standard InChI is InChI=1S/C21H38NO.ClH/c1-8-23-17-21(14-18(2)3,15-19(4)5)22(6,7)16-20-12-10-9-11-13-20;/h9-13,18-19H,8,14-17H2,1-7H3;1H/q+1;/p-1. The number of rotatable bonds is 10. The number of ether oxygens (including phenoxy) is 1. The Kier molecular flexibility index (Phi) is 10.2. The van der Waals surface area contributed by atoms with Gasteiger partial charge in [0.25, 0.3) is 0 Å². The van der Waals surface area contributed by atoms with Crippen LogP contribution in [-0.4, -0.2) is 37.3 Å². The van der Waals surface area contributed by atoms with Crippen LogP contribution in [0.5, 0.6) is 0 Å². The van der Waals surface area contributed by atoms with Gasteiger partial charge in [-0.25, -0.2) is 0 Å². The van der Waals surface area contributed by atoms with Crippen molar-refractivity contribution < 1.29 is 21.6 Å². The fraction of sp³-hybridized carbons (Fsp3) is 0.714. The van der Waals surface area contributed by atoms with E-state index in [-0.39, 0.29) is 17.9 Å². The third-order valence-corrected chi connectivity index (χ3v) is 4.86.